The number of methoxy groups -OCH3 is 2. The molecule has 0 aromatic heterocycles. The smallest absolute Gasteiger partial charge is 0.257 e. The van der Waals surface area contributed by atoms with E-state index in [4.69, 9.17) is 9.47 Å². The first-order chi connectivity index (χ1) is 11.3. The Morgan fingerprint density at radius 2 is 1.83 bits per heavy atom. The molecular formula is C16H24N2O5S. The normalized spacial score (nSPS) is 16.3. The topological polar surface area (TPSA) is 76.2 Å². The van der Waals surface area contributed by atoms with Crippen molar-refractivity contribution < 1.29 is 22.7 Å². The van der Waals surface area contributed by atoms with Crippen molar-refractivity contribution in [3.8, 4) is 11.5 Å². The Balaban J connectivity index is 2.08. The summed E-state index contributed by atoms with van der Waals surface area (Å²) in [5, 5.41) is 0. The molecule has 7 nitrogen and oxygen atoms in total. The molecular weight excluding hydrogens is 332 g/mol. The van der Waals surface area contributed by atoms with Gasteiger partial charge < -0.3 is 14.4 Å². The average Bonchev–Trinajstić information content (AvgIpc) is 2.59. The van der Waals surface area contributed by atoms with Crippen LogP contribution in [0.3, 0.4) is 0 Å². The molecule has 0 saturated carbocycles. The average molecular weight is 356 g/mol. The molecule has 1 aromatic rings. The van der Waals surface area contributed by atoms with Gasteiger partial charge in [-0.2, -0.15) is 0 Å². The molecule has 1 aromatic carbocycles. The van der Waals surface area contributed by atoms with Crippen LogP contribution >= 0.6 is 0 Å². The first-order valence-electron chi connectivity index (χ1n) is 7.72. The highest BCUT2D eigenvalue weighted by molar-refractivity contribution is 7.88. The number of carbonyl (C=O) groups is 1. The third-order valence-corrected chi connectivity index (χ3v) is 5.77. The number of piperidine rings is 1. The lowest BCUT2D eigenvalue weighted by Crippen LogP contribution is -2.47. The van der Waals surface area contributed by atoms with Crippen molar-refractivity contribution in [2.75, 3.05) is 40.6 Å². The molecule has 8 heteroatoms. The zero-order chi connectivity index (χ0) is 17.9. The molecule has 0 radical (unpaired) electrons. The highest BCUT2D eigenvalue weighted by Gasteiger charge is 2.30. The van der Waals surface area contributed by atoms with Crippen LogP contribution in [0.2, 0.25) is 0 Å². The second-order valence-electron chi connectivity index (χ2n) is 5.87. The van der Waals surface area contributed by atoms with Crippen molar-refractivity contribution in [2.24, 2.45) is 0 Å². The van der Waals surface area contributed by atoms with Crippen molar-refractivity contribution in [1.29, 1.82) is 0 Å². The van der Waals surface area contributed by atoms with E-state index in [-0.39, 0.29) is 11.9 Å². The van der Waals surface area contributed by atoms with Crippen LogP contribution in [-0.2, 0) is 10.0 Å². The second-order valence-corrected chi connectivity index (χ2v) is 7.91. The molecule has 0 unspecified atom stereocenters. The minimum atomic E-state index is -3.21. The number of ether oxygens (including phenoxy) is 2. The Morgan fingerprint density at radius 1 is 1.21 bits per heavy atom. The second kappa shape index (κ2) is 7.40. The molecule has 1 heterocycles. The van der Waals surface area contributed by atoms with E-state index in [2.05, 4.69) is 0 Å². The number of hydrogen-bond acceptors (Lipinski definition) is 5. The minimum absolute atomic E-state index is 0.0678. The van der Waals surface area contributed by atoms with E-state index >= 15 is 0 Å². The Bertz CT molecular complexity index is 696. The quantitative estimate of drug-likeness (QED) is 0.792. The van der Waals surface area contributed by atoms with Gasteiger partial charge in [-0.05, 0) is 25.0 Å². The molecule has 1 amide bonds. The van der Waals surface area contributed by atoms with Crippen molar-refractivity contribution in [1.82, 2.24) is 9.21 Å². The van der Waals surface area contributed by atoms with Gasteiger partial charge >= 0.3 is 0 Å². The molecule has 0 N–H and O–H groups in total. The van der Waals surface area contributed by atoms with Crippen LogP contribution in [0.25, 0.3) is 0 Å². The van der Waals surface area contributed by atoms with Crippen LogP contribution in [0, 0.1) is 0 Å². The van der Waals surface area contributed by atoms with Gasteiger partial charge in [0.1, 0.15) is 11.5 Å². The third-order valence-electron chi connectivity index (χ3n) is 4.43. The molecule has 1 aliphatic rings. The van der Waals surface area contributed by atoms with E-state index in [1.54, 1.807) is 37.3 Å². The molecule has 1 fully saturated rings. The standard InChI is InChI=1S/C16H24N2O5S/c1-17(24(4,20)21)12-7-9-18(10-8-12)16(19)14-6-5-13(22-2)11-15(14)23-3/h5-6,11-12H,7-10H2,1-4H3. The number of sulfonamides is 1. The van der Waals surface area contributed by atoms with E-state index in [1.165, 1.54) is 17.7 Å². The monoisotopic (exact) mass is 356 g/mol. The zero-order valence-corrected chi connectivity index (χ0v) is 15.3. The Kier molecular flexibility index (Phi) is 5.71. The summed E-state index contributed by atoms with van der Waals surface area (Å²) in [6.07, 6.45) is 2.44. The summed E-state index contributed by atoms with van der Waals surface area (Å²) in [5.74, 6) is 0.974. The first kappa shape index (κ1) is 18.5. The zero-order valence-electron chi connectivity index (χ0n) is 14.5. The number of carbonyl (C=O) groups excluding carboxylic acids is 1. The van der Waals surface area contributed by atoms with Gasteiger partial charge in [-0.3, -0.25) is 4.79 Å². The van der Waals surface area contributed by atoms with Crippen LogP contribution in [0.1, 0.15) is 23.2 Å². The molecule has 0 aliphatic carbocycles. The summed E-state index contributed by atoms with van der Waals surface area (Å²) in [7, 11) is 1.44. The van der Waals surface area contributed by atoms with Crippen LogP contribution in [0.5, 0.6) is 11.5 Å². The van der Waals surface area contributed by atoms with Crippen LogP contribution < -0.4 is 9.47 Å². The van der Waals surface area contributed by atoms with Gasteiger partial charge in [0.05, 0.1) is 26.0 Å². The van der Waals surface area contributed by atoms with Gasteiger partial charge in [0, 0.05) is 32.2 Å². The fourth-order valence-electron chi connectivity index (χ4n) is 2.85. The number of benzene rings is 1. The Morgan fingerprint density at radius 3 is 2.33 bits per heavy atom. The van der Waals surface area contributed by atoms with Crippen molar-refractivity contribution in [3.63, 3.8) is 0 Å². The van der Waals surface area contributed by atoms with Gasteiger partial charge in [0.2, 0.25) is 10.0 Å². The maximum atomic E-state index is 12.7. The molecule has 24 heavy (non-hydrogen) atoms. The highest BCUT2D eigenvalue weighted by Crippen LogP contribution is 2.27. The highest BCUT2D eigenvalue weighted by atomic mass is 32.2. The molecule has 0 atom stereocenters. The summed E-state index contributed by atoms with van der Waals surface area (Å²) >= 11 is 0. The molecule has 134 valence electrons. The molecule has 2 rings (SSSR count). The van der Waals surface area contributed by atoms with Gasteiger partial charge in [-0.1, -0.05) is 0 Å². The number of hydrogen-bond donors (Lipinski definition) is 0. The van der Waals surface area contributed by atoms with Crippen molar-refractivity contribution >= 4 is 15.9 Å². The van der Waals surface area contributed by atoms with Crippen LogP contribution in [-0.4, -0.2) is 70.2 Å². The SMILES string of the molecule is COc1ccc(C(=O)N2CCC(N(C)S(C)(=O)=O)CC2)c(OC)c1. The Hall–Kier alpha value is -1.80. The summed E-state index contributed by atoms with van der Waals surface area (Å²) in [5.41, 5.74) is 0.480. The van der Waals surface area contributed by atoms with Crippen LogP contribution in [0.4, 0.5) is 0 Å². The maximum absolute atomic E-state index is 12.7. The molecule has 0 spiro atoms. The summed E-state index contributed by atoms with van der Waals surface area (Å²) in [4.78, 5) is 14.5. The van der Waals surface area contributed by atoms with Crippen LogP contribution in [0.15, 0.2) is 18.2 Å². The van der Waals surface area contributed by atoms with Crippen molar-refractivity contribution in [2.45, 2.75) is 18.9 Å². The fraction of sp³-hybridized carbons (Fsp3) is 0.562. The lowest BCUT2D eigenvalue weighted by molar-refractivity contribution is 0.0683. The van der Waals surface area contributed by atoms with E-state index < -0.39 is 10.0 Å². The number of amides is 1. The summed E-state index contributed by atoms with van der Waals surface area (Å²) in [6.45, 7) is 1.02. The van der Waals surface area contributed by atoms with E-state index in [9.17, 15) is 13.2 Å². The predicted molar refractivity (Wildman–Crippen MR) is 91.1 cm³/mol. The minimum Gasteiger partial charge on any atom is -0.497 e. The maximum Gasteiger partial charge on any atom is 0.257 e. The third kappa shape index (κ3) is 3.99. The van der Waals surface area contributed by atoms with Gasteiger partial charge in [0.25, 0.3) is 5.91 Å². The van der Waals surface area contributed by atoms with E-state index in [1.807, 2.05) is 0 Å². The molecule has 0 bridgehead atoms. The number of nitrogens with zero attached hydrogens (tertiary/aromatic N) is 2. The lowest BCUT2D eigenvalue weighted by Gasteiger charge is -2.35. The van der Waals surface area contributed by atoms with Crippen molar-refractivity contribution in [3.05, 3.63) is 23.8 Å². The first-order valence-corrected chi connectivity index (χ1v) is 9.57. The lowest BCUT2D eigenvalue weighted by atomic mass is 10.0. The Labute approximate surface area is 143 Å². The van der Waals surface area contributed by atoms with Gasteiger partial charge in [-0.25, -0.2) is 12.7 Å². The fourth-order valence-corrected chi connectivity index (χ4v) is 3.60. The summed E-state index contributed by atoms with van der Waals surface area (Å²) in [6, 6.07) is 5.02. The largest absolute Gasteiger partial charge is 0.497 e. The van der Waals surface area contributed by atoms with Gasteiger partial charge in [-0.15, -0.1) is 0 Å². The van der Waals surface area contributed by atoms with Gasteiger partial charge in [0.15, 0.2) is 0 Å². The summed E-state index contributed by atoms with van der Waals surface area (Å²) < 4.78 is 35.1. The van der Waals surface area contributed by atoms with E-state index in [0.717, 1.165) is 0 Å². The van der Waals surface area contributed by atoms with E-state index in [0.29, 0.717) is 43.0 Å². The predicted octanol–water partition coefficient (Wildman–Crippen LogP) is 1.20. The molecule has 1 saturated heterocycles. The number of likely N-dealkylation sites (tertiary alicyclic amines) is 1. The number of rotatable bonds is 5. The molecule has 1 aliphatic heterocycles.